The third kappa shape index (κ3) is 8.52. The molecular formula is C32H43FN8O3. The molecule has 11 nitrogen and oxygen atoms in total. The predicted molar refractivity (Wildman–Crippen MR) is 165 cm³/mol. The molecule has 0 radical (unpaired) electrons. The molecule has 2 N–H and O–H groups in total. The molecule has 0 bridgehead atoms. The molecule has 3 atom stereocenters. The number of urea groups is 1. The number of piperidine rings is 2. The minimum absolute atomic E-state index is 0.153. The van der Waals surface area contributed by atoms with Crippen LogP contribution in [0.25, 0.3) is 11.4 Å². The SMILES string of the molecule is Cn1nnnc1-c1cccc(NC(=O)N[C@H]2CN(C(=O)OC(C)(C)C)CC[C@H]2CN2CCCC(Cc3ccc(F)cc3)C2)c1. The van der Waals surface area contributed by atoms with Gasteiger partial charge in [0.1, 0.15) is 11.4 Å². The van der Waals surface area contributed by atoms with Crippen molar-refractivity contribution in [2.45, 2.75) is 58.1 Å². The largest absolute Gasteiger partial charge is 0.444 e. The van der Waals surface area contributed by atoms with Gasteiger partial charge in [0, 0.05) is 44.5 Å². The van der Waals surface area contributed by atoms with Gasteiger partial charge in [-0.05, 0) is 105 Å². The molecule has 2 aromatic carbocycles. The van der Waals surface area contributed by atoms with Crippen molar-refractivity contribution < 1.29 is 18.7 Å². The van der Waals surface area contributed by atoms with Gasteiger partial charge in [-0.3, -0.25) is 0 Å². The maximum Gasteiger partial charge on any atom is 0.410 e. The van der Waals surface area contributed by atoms with E-state index < -0.39 is 5.60 Å². The first-order chi connectivity index (χ1) is 21.0. The number of carbonyl (C=O) groups excluding carboxylic acids is 2. The van der Waals surface area contributed by atoms with Crippen LogP contribution in [0.5, 0.6) is 0 Å². The maximum absolute atomic E-state index is 13.4. The Kier molecular flexibility index (Phi) is 9.77. The Labute approximate surface area is 258 Å². The van der Waals surface area contributed by atoms with E-state index in [0.717, 1.165) is 56.4 Å². The van der Waals surface area contributed by atoms with Gasteiger partial charge >= 0.3 is 12.1 Å². The van der Waals surface area contributed by atoms with E-state index in [9.17, 15) is 14.0 Å². The highest BCUT2D eigenvalue weighted by atomic mass is 19.1. The number of anilines is 1. The van der Waals surface area contributed by atoms with Gasteiger partial charge in [-0.25, -0.2) is 18.7 Å². The lowest BCUT2D eigenvalue weighted by molar-refractivity contribution is 0.0114. The average Bonchev–Trinajstić information content (AvgIpc) is 3.40. The van der Waals surface area contributed by atoms with Gasteiger partial charge in [0.05, 0.1) is 6.04 Å². The van der Waals surface area contributed by atoms with Crippen LogP contribution in [-0.2, 0) is 18.2 Å². The molecule has 0 saturated carbocycles. The van der Waals surface area contributed by atoms with E-state index in [1.165, 1.54) is 12.1 Å². The molecule has 3 aromatic rings. The van der Waals surface area contributed by atoms with E-state index in [-0.39, 0.29) is 29.9 Å². The summed E-state index contributed by atoms with van der Waals surface area (Å²) in [5.74, 6) is 1.02. The summed E-state index contributed by atoms with van der Waals surface area (Å²) in [4.78, 5) is 30.5. The van der Waals surface area contributed by atoms with Crippen molar-refractivity contribution in [2.75, 3.05) is 38.0 Å². The van der Waals surface area contributed by atoms with Crippen molar-refractivity contribution in [1.29, 1.82) is 0 Å². The topological polar surface area (TPSA) is 118 Å². The van der Waals surface area contributed by atoms with Crippen molar-refractivity contribution in [3.8, 4) is 11.4 Å². The molecule has 2 aliphatic heterocycles. The number of nitrogens with one attached hydrogen (secondary N) is 2. The summed E-state index contributed by atoms with van der Waals surface area (Å²) >= 11 is 0. The highest BCUT2D eigenvalue weighted by molar-refractivity contribution is 5.90. The molecule has 1 aromatic heterocycles. The second-order valence-corrected chi connectivity index (χ2v) is 13.0. The zero-order valence-corrected chi connectivity index (χ0v) is 26.0. The molecule has 2 fully saturated rings. The number of aryl methyl sites for hydroxylation is 1. The number of aromatic nitrogens is 4. The molecule has 1 unspecified atom stereocenters. The summed E-state index contributed by atoms with van der Waals surface area (Å²) in [6.07, 6.45) is 3.53. The Balaban J connectivity index is 1.25. The van der Waals surface area contributed by atoms with Crippen molar-refractivity contribution >= 4 is 17.8 Å². The summed E-state index contributed by atoms with van der Waals surface area (Å²) in [6.45, 7) is 9.26. The molecule has 0 spiro atoms. The lowest BCUT2D eigenvalue weighted by Crippen LogP contribution is -2.58. The van der Waals surface area contributed by atoms with Crippen LogP contribution in [0.2, 0.25) is 0 Å². The molecule has 0 aliphatic carbocycles. The Morgan fingerprint density at radius 3 is 2.59 bits per heavy atom. The fourth-order valence-corrected chi connectivity index (χ4v) is 6.19. The standard InChI is InChI=1S/C32H43FN8O3/c1-32(2,3)44-31(43)41-16-14-25(20-40-15-6-7-23(19-40)17-22-10-12-26(33)13-11-22)28(21-41)35-30(42)34-27-9-5-8-24(18-27)29-36-37-38-39(29)4/h5,8-13,18,23,25,28H,6-7,14-17,19-21H2,1-4H3,(H2,34,35,42)/t23?,25-,28-/m0/s1. The smallest absolute Gasteiger partial charge is 0.410 e. The Hall–Kier alpha value is -4.06. The number of likely N-dealkylation sites (tertiary alicyclic amines) is 2. The quantitative estimate of drug-likeness (QED) is 0.400. The normalized spacial score (nSPS) is 21.1. The van der Waals surface area contributed by atoms with Crippen LogP contribution in [0.15, 0.2) is 48.5 Å². The molecular weight excluding hydrogens is 563 g/mol. The first-order valence-electron chi connectivity index (χ1n) is 15.4. The zero-order valence-electron chi connectivity index (χ0n) is 26.0. The fraction of sp³-hybridized carbons (Fsp3) is 0.531. The van der Waals surface area contributed by atoms with E-state index in [0.29, 0.717) is 30.5 Å². The highest BCUT2D eigenvalue weighted by Crippen LogP contribution is 2.26. The maximum atomic E-state index is 13.4. The minimum Gasteiger partial charge on any atom is -0.444 e. The average molecular weight is 607 g/mol. The zero-order chi connectivity index (χ0) is 31.3. The Morgan fingerprint density at radius 2 is 1.86 bits per heavy atom. The summed E-state index contributed by atoms with van der Waals surface area (Å²) in [7, 11) is 1.76. The molecule has 3 heterocycles. The van der Waals surface area contributed by atoms with E-state index in [2.05, 4.69) is 31.1 Å². The number of benzene rings is 2. The number of rotatable bonds is 7. The van der Waals surface area contributed by atoms with Crippen LogP contribution in [-0.4, -0.2) is 86.5 Å². The van der Waals surface area contributed by atoms with Gasteiger partial charge in [0.2, 0.25) is 0 Å². The van der Waals surface area contributed by atoms with E-state index >= 15 is 0 Å². The number of hydrogen-bond acceptors (Lipinski definition) is 7. The molecule has 2 aliphatic rings. The lowest BCUT2D eigenvalue weighted by Gasteiger charge is -2.42. The molecule has 3 amide bonds. The third-order valence-corrected chi connectivity index (χ3v) is 8.26. The first kappa shape index (κ1) is 31.4. The molecule has 5 rings (SSSR count). The van der Waals surface area contributed by atoms with Crippen LogP contribution >= 0.6 is 0 Å². The molecule has 12 heteroatoms. The van der Waals surface area contributed by atoms with Gasteiger partial charge in [-0.2, -0.15) is 0 Å². The summed E-state index contributed by atoms with van der Waals surface area (Å²) in [5, 5.41) is 17.8. The molecule has 44 heavy (non-hydrogen) atoms. The number of ether oxygens (including phenoxy) is 1. The van der Waals surface area contributed by atoms with Crippen LogP contribution in [0.4, 0.5) is 19.7 Å². The van der Waals surface area contributed by atoms with Crippen LogP contribution < -0.4 is 10.6 Å². The van der Waals surface area contributed by atoms with Crippen molar-refractivity contribution in [3.05, 3.63) is 59.9 Å². The van der Waals surface area contributed by atoms with Gasteiger partial charge in [0.25, 0.3) is 0 Å². The summed E-state index contributed by atoms with van der Waals surface area (Å²) < 4.78 is 20.6. The number of hydrogen-bond donors (Lipinski definition) is 2. The van der Waals surface area contributed by atoms with Gasteiger partial charge in [-0.1, -0.05) is 24.3 Å². The Bertz CT molecular complexity index is 1420. The number of amides is 3. The Morgan fingerprint density at radius 1 is 1.07 bits per heavy atom. The van der Waals surface area contributed by atoms with Crippen molar-refractivity contribution in [2.24, 2.45) is 18.9 Å². The number of carbonyl (C=O) groups is 2. The lowest BCUT2D eigenvalue weighted by atomic mass is 9.87. The van der Waals surface area contributed by atoms with Crippen LogP contribution in [0, 0.1) is 17.7 Å². The van der Waals surface area contributed by atoms with Crippen LogP contribution in [0.1, 0.15) is 45.6 Å². The van der Waals surface area contributed by atoms with E-state index in [1.807, 2.05) is 57.2 Å². The number of halogens is 1. The van der Waals surface area contributed by atoms with E-state index in [4.69, 9.17) is 4.74 Å². The van der Waals surface area contributed by atoms with Gasteiger partial charge in [0.15, 0.2) is 5.82 Å². The second-order valence-electron chi connectivity index (χ2n) is 13.0. The van der Waals surface area contributed by atoms with Crippen molar-refractivity contribution in [1.82, 2.24) is 35.3 Å². The monoisotopic (exact) mass is 606 g/mol. The number of nitrogens with zero attached hydrogens (tertiary/aromatic N) is 6. The summed E-state index contributed by atoms with van der Waals surface area (Å²) in [5.41, 5.74) is 1.94. The van der Waals surface area contributed by atoms with Crippen LogP contribution in [0.3, 0.4) is 0 Å². The third-order valence-electron chi connectivity index (χ3n) is 8.26. The summed E-state index contributed by atoms with van der Waals surface area (Å²) in [6, 6.07) is 13.6. The first-order valence-corrected chi connectivity index (χ1v) is 15.4. The number of tetrazole rings is 1. The van der Waals surface area contributed by atoms with Gasteiger partial charge < -0.3 is 25.2 Å². The van der Waals surface area contributed by atoms with E-state index in [1.54, 1.807) is 16.6 Å². The van der Waals surface area contributed by atoms with Gasteiger partial charge in [-0.15, -0.1) is 5.10 Å². The molecule has 236 valence electrons. The second kappa shape index (κ2) is 13.7. The van der Waals surface area contributed by atoms with Crippen molar-refractivity contribution in [3.63, 3.8) is 0 Å². The minimum atomic E-state index is -0.606. The highest BCUT2D eigenvalue weighted by Gasteiger charge is 2.36. The fourth-order valence-electron chi connectivity index (χ4n) is 6.19. The predicted octanol–water partition coefficient (Wildman–Crippen LogP) is 4.72. The molecule has 2 saturated heterocycles.